The van der Waals surface area contributed by atoms with E-state index < -0.39 is 11.7 Å². The number of ether oxygens (including phenoxy) is 1. The van der Waals surface area contributed by atoms with Gasteiger partial charge >= 0.3 is 6.18 Å². The fraction of sp³-hybridized carbons (Fsp3) is 0.412. The molecule has 0 unspecified atom stereocenters. The summed E-state index contributed by atoms with van der Waals surface area (Å²) in [6.07, 6.45) is 1.14. The summed E-state index contributed by atoms with van der Waals surface area (Å²) in [5.41, 5.74) is 11.5. The van der Waals surface area contributed by atoms with Crippen molar-refractivity contribution in [3.05, 3.63) is 30.2 Å². The Morgan fingerprint density at radius 2 is 1.86 bits per heavy atom. The fourth-order valence-corrected chi connectivity index (χ4v) is 3.38. The molecule has 0 radical (unpaired) electrons. The minimum absolute atomic E-state index is 0.0230. The quantitative estimate of drug-likeness (QED) is 0.702. The van der Waals surface area contributed by atoms with Crippen molar-refractivity contribution < 1.29 is 17.9 Å². The first kappa shape index (κ1) is 18.4. The number of aromatic nitrogens is 5. The molecule has 1 fully saturated rings. The number of nitrogens with two attached hydrogens (primary N) is 2. The van der Waals surface area contributed by atoms with Crippen molar-refractivity contribution in [1.29, 1.82) is 0 Å². The molecule has 148 valence electrons. The SMILES string of the molecule is Nc1ncnc2c1c(Oc1cc(C(F)(F)F)ccn1)nn2C1CCC(N)CC1. The lowest BCUT2D eigenvalue weighted by molar-refractivity contribution is -0.137. The van der Waals surface area contributed by atoms with Crippen LogP contribution in [-0.2, 0) is 6.18 Å². The number of alkyl halides is 3. The third-order valence-electron chi connectivity index (χ3n) is 4.84. The van der Waals surface area contributed by atoms with E-state index in [0.29, 0.717) is 11.0 Å². The average Bonchev–Trinajstić information content (AvgIpc) is 3.02. The van der Waals surface area contributed by atoms with Gasteiger partial charge in [0.2, 0.25) is 5.88 Å². The highest BCUT2D eigenvalue weighted by Crippen LogP contribution is 2.37. The average molecular weight is 393 g/mol. The van der Waals surface area contributed by atoms with E-state index in [4.69, 9.17) is 16.2 Å². The highest BCUT2D eigenvalue weighted by molar-refractivity contribution is 5.90. The molecule has 1 saturated carbocycles. The van der Waals surface area contributed by atoms with E-state index in [-0.39, 0.29) is 29.7 Å². The molecule has 0 aromatic carbocycles. The summed E-state index contributed by atoms with van der Waals surface area (Å²) in [6, 6.07) is 1.88. The van der Waals surface area contributed by atoms with E-state index in [1.54, 1.807) is 4.68 Å². The van der Waals surface area contributed by atoms with Crippen molar-refractivity contribution in [3.63, 3.8) is 0 Å². The van der Waals surface area contributed by atoms with Crippen molar-refractivity contribution in [3.8, 4) is 11.8 Å². The lowest BCUT2D eigenvalue weighted by Crippen LogP contribution is -2.28. The predicted molar refractivity (Wildman–Crippen MR) is 94.5 cm³/mol. The molecule has 0 aliphatic heterocycles. The largest absolute Gasteiger partial charge is 0.418 e. The first-order chi connectivity index (χ1) is 13.3. The molecule has 0 atom stereocenters. The van der Waals surface area contributed by atoms with Crippen LogP contribution in [0.4, 0.5) is 19.0 Å². The van der Waals surface area contributed by atoms with Gasteiger partial charge in [-0.05, 0) is 31.7 Å². The number of anilines is 1. The minimum Gasteiger partial charge on any atom is -0.418 e. The zero-order valence-corrected chi connectivity index (χ0v) is 14.7. The number of hydrogen-bond acceptors (Lipinski definition) is 7. The molecule has 3 aromatic rings. The maximum Gasteiger partial charge on any atom is 0.416 e. The van der Waals surface area contributed by atoms with E-state index in [0.717, 1.165) is 44.0 Å². The van der Waals surface area contributed by atoms with Crippen LogP contribution < -0.4 is 16.2 Å². The van der Waals surface area contributed by atoms with Gasteiger partial charge in [0.05, 0.1) is 11.6 Å². The van der Waals surface area contributed by atoms with Crippen molar-refractivity contribution in [2.24, 2.45) is 5.73 Å². The second-order valence-corrected chi connectivity index (χ2v) is 6.76. The van der Waals surface area contributed by atoms with Gasteiger partial charge in [0.15, 0.2) is 5.65 Å². The number of nitrogens with zero attached hydrogens (tertiary/aromatic N) is 5. The van der Waals surface area contributed by atoms with E-state index in [2.05, 4.69) is 20.1 Å². The Bertz CT molecular complexity index is 996. The summed E-state index contributed by atoms with van der Waals surface area (Å²) in [7, 11) is 0. The molecule has 11 heteroatoms. The first-order valence-electron chi connectivity index (χ1n) is 8.78. The van der Waals surface area contributed by atoms with Crippen LogP contribution in [0.2, 0.25) is 0 Å². The van der Waals surface area contributed by atoms with Crippen molar-refractivity contribution in [2.45, 2.75) is 43.9 Å². The molecular formula is C17H18F3N7O. The standard InChI is InChI=1S/C17H18F3N7O/c18-17(19,20)9-5-6-23-12(7-9)28-16-13-14(22)24-8-25-15(13)27(26-16)11-3-1-10(21)2-4-11/h5-8,10-11H,1-4,21H2,(H2,22,24,25). The van der Waals surface area contributed by atoms with Gasteiger partial charge in [-0.25, -0.2) is 19.6 Å². The summed E-state index contributed by atoms with van der Waals surface area (Å²) in [6.45, 7) is 0. The van der Waals surface area contributed by atoms with Crippen molar-refractivity contribution in [1.82, 2.24) is 24.7 Å². The number of hydrogen-bond donors (Lipinski definition) is 2. The smallest absolute Gasteiger partial charge is 0.416 e. The fourth-order valence-electron chi connectivity index (χ4n) is 3.38. The molecule has 3 aromatic heterocycles. The van der Waals surface area contributed by atoms with Gasteiger partial charge in [-0.15, -0.1) is 5.10 Å². The summed E-state index contributed by atoms with van der Waals surface area (Å²) in [5.74, 6) is -0.0872. The molecule has 28 heavy (non-hydrogen) atoms. The Morgan fingerprint density at radius 3 is 2.57 bits per heavy atom. The summed E-state index contributed by atoms with van der Waals surface area (Å²) in [4.78, 5) is 12.0. The molecule has 0 bridgehead atoms. The monoisotopic (exact) mass is 393 g/mol. The molecule has 1 aliphatic rings. The Hall–Kier alpha value is -2.95. The van der Waals surface area contributed by atoms with Gasteiger partial charge in [-0.1, -0.05) is 0 Å². The van der Waals surface area contributed by atoms with Gasteiger partial charge in [0, 0.05) is 18.3 Å². The lowest BCUT2D eigenvalue weighted by Gasteiger charge is -2.26. The highest BCUT2D eigenvalue weighted by atomic mass is 19.4. The van der Waals surface area contributed by atoms with Crippen molar-refractivity contribution >= 4 is 16.9 Å². The van der Waals surface area contributed by atoms with E-state index in [1.807, 2.05) is 0 Å². The molecule has 4 N–H and O–H groups in total. The topological polar surface area (TPSA) is 118 Å². The zero-order valence-electron chi connectivity index (χ0n) is 14.7. The van der Waals surface area contributed by atoms with Crippen LogP contribution in [0.25, 0.3) is 11.0 Å². The lowest BCUT2D eigenvalue weighted by atomic mass is 9.92. The molecule has 8 nitrogen and oxygen atoms in total. The molecule has 1 aliphatic carbocycles. The van der Waals surface area contributed by atoms with Gasteiger partial charge < -0.3 is 16.2 Å². The zero-order chi connectivity index (χ0) is 19.9. The van der Waals surface area contributed by atoms with E-state index in [9.17, 15) is 13.2 Å². The molecule has 0 spiro atoms. The third kappa shape index (κ3) is 3.44. The molecule has 4 rings (SSSR count). The van der Waals surface area contributed by atoms with Gasteiger partial charge in [-0.2, -0.15) is 13.2 Å². The summed E-state index contributed by atoms with van der Waals surface area (Å²) < 4.78 is 46.1. The highest BCUT2D eigenvalue weighted by Gasteiger charge is 2.31. The van der Waals surface area contributed by atoms with Gasteiger partial charge in [-0.3, -0.25) is 0 Å². The Morgan fingerprint density at radius 1 is 1.11 bits per heavy atom. The Kier molecular flexibility index (Phi) is 4.53. The van der Waals surface area contributed by atoms with Crippen LogP contribution in [0.3, 0.4) is 0 Å². The maximum absolute atomic E-state index is 12.9. The second kappa shape index (κ2) is 6.89. The van der Waals surface area contributed by atoms with Crippen LogP contribution in [0.15, 0.2) is 24.7 Å². The number of pyridine rings is 1. The Balaban J connectivity index is 1.74. The molecule has 0 saturated heterocycles. The van der Waals surface area contributed by atoms with E-state index in [1.165, 1.54) is 6.33 Å². The van der Waals surface area contributed by atoms with Crippen LogP contribution in [0.1, 0.15) is 37.3 Å². The van der Waals surface area contributed by atoms with Crippen LogP contribution in [0.5, 0.6) is 11.8 Å². The summed E-state index contributed by atoms with van der Waals surface area (Å²) >= 11 is 0. The predicted octanol–water partition coefficient (Wildman–Crippen LogP) is 3.06. The minimum atomic E-state index is -4.51. The van der Waals surface area contributed by atoms with Crippen molar-refractivity contribution in [2.75, 3.05) is 5.73 Å². The normalized spacial score (nSPS) is 20.4. The van der Waals surface area contributed by atoms with E-state index >= 15 is 0 Å². The molecule has 0 amide bonds. The molecular weight excluding hydrogens is 375 g/mol. The van der Waals surface area contributed by atoms with Gasteiger partial charge in [0.1, 0.15) is 17.5 Å². The molecule has 3 heterocycles. The maximum atomic E-state index is 12.9. The van der Waals surface area contributed by atoms with Crippen LogP contribution in [0, 0.1) is 0 Å². The number of fused-ring (bicyclic) bond motifs is 1. The summed E-state index contributed by atoms with van der Waals surface area (Å²) in [5, 5.41) is 4.78. The number of rotatable bonds is 3. The second-order valence-electron chi connectivity index (χ2n) is 6.76. The van der Waals surface area contributed by atoms with Crippen LogP contribution in [-0.4, -0.2) is 30.8 Å². The van der Waals surface area contributed by atoms with Gasteiger partial charge in [0.25, 0.3) is 5.88 Å². The number of nitrogen functional groups attached to an aromatic ring is 1. The number of halogens is 3. The first-order valence-corrected chi connectivity index (χ1v) is 8.78. The Labute approximate surface area is 157 Å². The van der Waals surface area contributed by atoms with Crippen LogP contribution >= 0.6 is 0 Å². The third-order valence-corrected chi connectivity index (χ3v) is 4.84.